The van der Waals surface area contributed by atoms with Crippen molar-refractivity contribution in [2.75, 3.05) is 12.3 Å². The molecule has 1 aliphatic rings. The first kappa shape index (κ1) is 26.6. The van der Waals surface area contributed by atoms with Crippen LogP contribution in [-0.4, -0.2) is 73.8 Å². The van der Waals surface area contributed by atoms with Gasteiger partial charge in [0.1, 0.15) is 30.2 Å². The van der Waals surface area contributed by atoms with E-state index in [4.69, 9.17) is 14.9 Å². The molecule has 204 valence electrons. The molecule has 14 nitrogen and oxygen atoms in total. The number of aromatic nitrogens is 5. The number of aliphatic hydroxyl groups excluding tert-OH is 2. The van der Waals surface area contributed by atoms with Gasteiger partial charge in [-0.05, 0) is 6.42 Å². The molecule has 1 aliphatic heterocycles. The molecule has 4 aromatic rings. The summed E-state index contributed by atoms with van der Waals surface area (Å²) < 4.78 is 39.7. The minimum absolute atomic E-state index is 0.0719. The summed E-state index contributed by atoms with van der Waals surface area (Å²) in [6.07, 6.45) is 2.07. The molecule has 15 heteroatoms. The quantitative estimate of drug-likeness (QED) is 0.200. The third-order valence-electron chi connectivity index (χ3n) is 6.22. The molecule has 1 unspecified atom stereocenters. The fourth-order valence-corrected chi connectivity index (χ4v) is 5.15. The zero-order chi connectivity index (χ0) is 27.6. The van der Waals surface area contributed by atoms with Crippen molar-refractivity contribution >= 4 is 32.8 Å². The maximum absolute atomic E-state index is 12.7. The van der Waals surface area contributed by atoms with Gasteiger partial charge in [0.25, 0.3) is 0 Å². The number of nitrogens with zero attached hydrogens (tertiary/aromatic N) is 5. The number of rotatable bonds is 10. The zero-order valence-electron chi connectivity index (χ0n) is 20.4. The predicted molar refractivity (Wildman–Crippen MR) is 137 cm³/mol. The molecule has 1 saturated heterocycles. The number of oxazole rings is 1. The van der Waals surface area contributed by atoms with E-state index in [9.17, 15) is 23.4 Å². The lowest BCUT2D eigenvalue weighted by molar-refractivity contribution is -0.0329. The smallest absolute Gasteiger partial charge is 0.233 e. The molecular weight excluding hydrogens is 530 g/mol. The van der Waals surface area contributed by atoms with E-state index in [1.165, 1.54) is 35.9 Å². The summed E-state index contributed by atoms with van der Waals surface area (Å²) in [6, 6.07) is 6.93. The minimum Gasteiger partial charge on any atom is -0.443 e. The number of sulfonamides is 1. The number of ether oxygens (including phenoxy) is 1. The number of imidazole rings is 1. The normalized spacial score (nSPS) is 21.7. The molecule has 0 aliphatic carbocycles. The molecule has 5 rings (SSSR count). The third kappa shape index (κ3) is 5.57. The van der Waals surface area contributed by atoms with Gasteiger partial charge in [-0.3, -0.25) is 9.36 Å². The van der Waals surface area contributed by atoms with Gasteiger partial charge in [0, 0.05) is 29.5 Å². The van der Waals surface area contributed by atoms with Gasteiger partial charge in [0.2, 0.25) is 10.0 Å². The zero-order valence-corrected chi connectivity index (χ0v) is 21.2. The van der Waals surface area contributed by atoms with Crippen LogP contribution in [0.15, 0.2) is 65.4 Å². The van der Waals surface area contributed by atoms with Gasteiger partial charge in [-0.2, -0.15) is 0 Å². The summed E-state index contributed by atoms with van der Waals surface area (Å²) in [6.45, 7) is -0.311. The van der Waals surface area contributed by atoms with Crippen LogP contribution in [0.3, 0.4) is 0 Å². The second kappa shape index (κ2) is 11.0. The van der Waals surface area contributed by atoms with Crippen LogP contribution in [0, 0.1) is 0 Å². The number of carbonyl (C=O) groups is 1. The number of aliphatic hydroxyl groups is 2. The lowest BCUT2D eigenvalue weighted by Gasteiger charge is -2.16. The van der Waals surface area contributed by atoms with Crippen molar-refractivity contribution in [1.82, 2.24) is 29.2 Å². The molecule has 39 heavy (non-hydrogen) atoms. The number of ketones is 1. The number of hydrogen-bond donors (Lipinski definition) is 4. The second-order valence-electron chi connectivity index (χ2n) is 8.77. The van der Waals surface area contributed by atoms with Crippen LogP contribution >= 0.6 is 0 Å². The standard InChI is InChI=1S/C24H25N7O7S/c25-22-19-23(28-11-27-22)31(12-29-19)24-21(34)20(33)18(38-24)10-30-39(35,36)8-4-3-7-16(32)14-5-1-2-6-15(14)17-9-26-13-37-17/h1-2,4-6,8-9,11-13,18,20-21,24,30,33-34H,3,7,10H2,(H2,25,27,28)/b8-4+/t18-,20-,21-,24?/m1/s1. The second-order valence-corrected chi connectivity index (χ2v) is 10.4. The number of Topliss-reactive ketones (excluding diaryl/α,β-unsaturated/α-hetero) is 1. The van der Waals surface area contributed by atoms with Crippen LogP contribution in [0.2, 0.25) is 0 Å². The molecule has 3 aromatic heterocycles. The van der Waals surface area contributed by atoms with Crippen LogP contribution < -0.4 is 10.5 Å². The first-order valence-electron chi connectivity index (χ1n) is 11.9. The lowest BCUT2D eigenvalue weighted by atomic mass is 9.99. The molecule has 0 bridgehead atoms. The van der Waals surface area contributed by atoms with Crippen molar-refractivity contribution in [2.45, 2.75) is 37.4 Å². The Bertz CT molecular complexity index is 1600. The number of nitrogens with one attached hydrogen (secondary N) is 1. The third-order valence-corrected chi connectivity index (χ3v) is 7.34. The topological polar surface area (TPSA) is 209 Å². The highest BCUT2D eigenvalue weighted by atomic mass is 32.2. The Hall–Kier alpha value is -4.02. The van der Waals surface area contributed by atoms with Crippen molar-refractivity contribution in [3.63, 3.8) is 0 Å². The number of carbonyl (C=O) groups excluding carboxylic acids is 1. The molecule has 5 N–H and O–H groups in total. The van der Waals surface area contributed by atoms with Crippen LogP contribution in [-0.2, 0) is 14.8 Å². The van der Waals surface area contributed by atoms with Crippen molar-refractivity contribution in [2.24, 2.45) is 0 Å². The van der Waals surface area contributed by atoms with E-state index in [-0.39, 0.29) is 31.0 Å². The van der Waals surface area contributed by atoms with E-state index in [0.717, 1.165) is 5.41 Å². The van der Waals surface area contributed by atoms with Gasteiger partial charge in [-0.1, -0.05) is 30.3 Å². The van der Waals surface area contributed by atoms with Crippen LogP contribution in [0.1, 0.15) is 29.4 Å². The molecule has 0 saturated carbocycles. The van der Waals surface area contributed by atoms with E-state index in [2.05, 4.69) is 24.7 Å². The molecule has 0 amide bonds. The van der Waals surface area contributed by atoms with Crippen molar-refractivity contribution in [3.8, 4) is 11.3 Å². The SMILES string of the molecule is Nc1ncnc2c1ncn2C1O[C@H](CNS(=O)(=O)/C=C/CCC(=O)c2ccccc2-c2cnco2)[C@@H](O)[C@H]1O. The number of allylic oxidation sites excluding steroid dienone is 1. The molecule has 4 atom stereocenters. The van der Waals surface area contributed by atoms with Crippen molar-refractivity contribution in [3.05, 3.63) is 66.6 Å². The summed E-state index contributed by atoms with van der Waals surface area (Å²) in [7, 11) is -3.92. The molecule has 1 fully saturated rings. The number of anilines is 1. The Kier molecular flexibility index (Phi) is 7.49. The number of fused-ring (bicyclic) bond motifs is 1. The number of hydrogen-bond acceptors (Lipinski definition) is 12. The molecule has 4 heterocycles. The summed E-state index contributed by atoms with van der Waals surface area (Å²) in [5.74, 6) is 0.422. The van der Waals surface area contributed by atoms with E-state index in [0.29, 0.717) is 28.1 Å². The maximum atomic E-state index is 12.7. The molecule has 0 spiro atoms. The molecular formula is C24H25N7O7S. The largest absolute Gasteiger partial charge is 0.443 e. The first-order valence-corrected chi connectivity index (χ1v) is 13.4. The summed E-state index contributed by atoms with van der Waals surface area (Å²) in [5.41, 5.74) is 7.44. The highest BCUT2D eigenvalue weighted by molar-refractivity contribution is 7.92. The Morgan fingerprint density at radius 2 is 2.00 bits per heavy atom. The van der Waals surface area contributed by atoms with E-state index in [1.54, 1.807) is 24.3 Å². The monoisotopic (exact) mass is 555 g/mol. The predicted octanol–water partition coefficient (Wildman–Crippen LogP) is 0.779. The van der Waals surface area contributed by atoms with Crippen molar-refractivity contribution < 1.29 is 32.6 Å². The average molecular weight is 556 g/mol. The average Bonchev–Trinajstić information content (AvgIpc) is 3.67. The fourth-order valence-electron chi connectivity index (χ4n) is 4.26. The van der Waals surface area contributed by atoms with Crippen molar-refractivity contribution in [1.29, 1.82) is 0 Å². The Morgan fingerprint density at radius 1 is 1.18 bits per heavy atom. The Morgan fingerprint density at radius 3 is 2.79 bits per heavy atom. The highest BCUT2D eigenvalue weighted by Gasteiger charge is 2.44. The number of nitrogens with two attached hydrogens (primary N) is 1. The minimum atomic E-state index is -3.92. The van der Waals surface area contributed by atoms with E-state index >= 15 is 0 Å². The van der Waals surface area contributed by atoms with E-state index < -0.39 is 34.6 Å². The van der Waals surface area contributed by atoms with Gasteiger partial charge in [-0.15, -0.1) is 0 Å². The highest BCUT2D eigenvalue weighted by Crippen LogP contribution is 2.32. The Labute approximate surface area is 222 Å². The van der Waals surface area contributed by atoms with Gasteiger partial charge < -0.3 is 25.1 Å². The first-order chi connectivity index (χ1) is 18.7. The summed E-state index contributed by atoms with van der Waals surface area (Å²) in [5, 5.41) is 21.9. The van der Waals surface area contributed by atoms with Crippen LogP contribution in [0.5, 0.6) is 0 Å². The summed E-state index contributed by atoms with van der Waals surface area (Å²) in [4.78, 5) is 28.7. The fraction of sp³-hybridized carbons (Fsp3) is 0.292. The molecule has 1 aromatic carbocycles. The van der Waals surface area contributed by atoms with Crippen LogP contribution in [0.25, 0.3) is 22.5 Å². The van der Waals surface area contributed by atoms with Gasteiger partial charge in [0.15, 0.2) is 35.6 Å². The lowest BCUT2D eigenvalue weighted by Crippen LogP contribution is -2.39. The summed E-state index contributed by atoms with van der Waals surface area (Å²) >= 11 is 0. The van der Waals surface area contributed by atoms with Gasteiger partial charge in [0.05, 0.1) is 12.5 Å². The number of nitrogen functional groups attached to an aromatic ring is 1. The van der Waals surface area contributed by atoms with E-state index in [1.807, 2.05) is 0 Å². The van der Waals surface area contributed by atoms with Gasteiger partial charge >= 0.3 is 0 Å². The molecule has 0 radical (unpaired) electrons. The Balaban J connectivity index is 1.16. The van der Waals surface area contributed by atoms with Gasteiger partial charge in [-0.25, -0.2) is 33.1 Å². The number of benzene rings is 1. The van der Waals surface area contributed by atoms with Crippen LogP contribution in [0.4, 0.5) is 5.82 Å². The maximum Gasteiger partial charge on any atom is 0.233 e.